The maximum Gasteiger partial charge on any atom is 0.224 e. The topological polar surface area (TPSA) is 84.0 Å². The highest BCUT2D eigenvalue weighted by Crippen LogP contribution is 2.26. The van der Waals surface area contributed by atoms with Gasteiger partial charge in [0, 0.05) is 23.7 Å². The Bertz CT molecular complexity index is 698. The second kappa shape index (κ2) is 8.79. The molecule has 1 aromatic heterocycles. The number of nitrogens with one attached hydrogen (secondary N) is 2. The summed E-state index contributed by atoms with van der Waals surface area (Å²) in [6, 6.07) is 7.21. The second-order valence-electron chi connectivity index (χ2n) is 5.36. The van der Waals surface area contributed by atoms with E-state index in [0.717, 1.165) is 9.47 Å². The Labute approximate surface area is 149 Å². The molecule has 0 fully saturated rings. The van der Waals surface area contributed by atoms with Crippen LogP contribution >= 0.6 is 23.1 Å². The predicted octanol–water partition coefficient (Wildman–Crippen LogP) is 3.68. The van der Waals surface area contributed by atoms with Crippen LogP contribution in [0.1, 0.15) is 37.6 Å². The smallest absolute Gasteiger partial charge is 0.224 e. The number of nitrogens with zero attached hydrogens (tertiary/aromatic N) is 2. The van der Waals surface area contributed by atoms with Gasteiger partial charge in [-0.25, -0.2) is 0 Å². The molecule has 0 aliphatic heterocycles. The Hall–Kier alpha value is -1.93. The van der Waals surface area contributed by atoms with Crippen LogP contribution in [-0.4, -0.2) is 33.7 Å². The first kappa shape index (κ1) is 18.4. The molecule has 0 saturated heterocycles. The number of thioether (sulfide) groups is 1. The van der Waals surface area contributed by atoms with Crippen molar-refractivity contribution >= 4 is 45.6 Å². The SMILES string of the molecule is CCC(=O)Nc1ccc(C(=O)CSc2nnc(NC(C)C)s2)cc1. The lowest BCUT2D eigenvalue weighted by atomic mass is 10.1. The highest BCUT2D eigenvalue weighted by atomic mass is 32.2. The molecule has 0 radical (unpaired) electrons. The number of hydrogen-bond acceptors (Lipinski definition) is 7. The maximum atomic E-state index is 12.2. The molecule has 0 unspecified atom stereocenters. The van der Waals surface area contributed by atoms with E-state index >= 15 is 0 Å². The van der Waals surface area contributed by atoms with Crippen molar-refractivity contribution in [1.29, 1.82) is 0 Å². The number of ketones is 1. The molecule has 0 aliphatic carbocycles. The number of Topliss-reactive ketones (excluding diaryl/α,β-unsaturated/α-hetero) is 1. The van der Waals surface area contributed by atoms with E-state index in [2.05, 4.69) is 20.8 Å². The Morgan fingerprint density at radius 3 is 2.54 bits per heavy atom. The summed E-state index contributed by atoms with van der Waals surface area (Å²) >= 11 is 2.82. The zero-order valence-corrected chi connectivity index (χ0v) is 15.5. The summed E-state index contributed by atoms with van der Waals surface area (Å²) in [6.45, 7) is 5.86. The molecule has 0 saturated carbocycles. The van der Waals surface area contributed by atoms with Gasteiger partial charge in [-0.05, 0) is 38.1 Å². The van der Waals surface area contributed by atoms with Crippen molar-refractivity contribution in [2.75, 3.05) is 16.4 Å². The highest BCUT2D eigenvalue weighted by molar-refractivity contribution is 8.01. The van der Waals surface area contributed by atoms with Gasteiger partial charge >= 0.3 is 0 Å². The van der Waals surface area contributed by atoms with Crippen LogP contribution < -0.4 is 10.6 Å². The van der Waals surface area contributed by atoms with E-state index in [0.29, 0.717) is 29.5 Å². The first-order valence-electron chi connectivity index (χ1n) is 7.64. The third kappa shape index (κ3) is 5.61. The molecule has 1 aromatic carbocycles. The van der Waals surface area contributed by atoms with Crippen molar-refractivity contribution in [2.45, 2.75) is 37.6 Å². The first-order chi connectivity index (χ1) is 11.5. The van der Waals surface area contributed by atoms with E-state index in [1.54, 1.807) is 31.2 Å². The Morgan fingerprint density at radius 2 is 1.92 bits per heavy atom. The van der Waals surface area contributed by atoms with Gasteiger partial charge in [-0.1, -0.05) is 30.0 Å². The number of benzene rings is 1. The lowest BCUT2D eigenvalue weighted by Crippen LogP contribution is -2.09. The van der Waals surface area contributed by atoms with Crippen LogP contribution in [-0.2, 0) is 4.79 Å². The third-order valence-electron chi connectivity index (χ3n) is 2.96. The van der Waals surface area contributed by atoms with E-state index in [1.165, 1.54) is 23.1 Å². The lowest BCUT2D eigenvalue weighted by molar-refractivity contribution is -0.115. The van der Waals surface area contributed by atoms with Gasteiger partial charge in [-0.3, -0.25) is 9.59 Å². The highest BCUT2D eigenvalue weighted by Gasteiger charge is 2.11. The van der Waals surface area contributed by atoms with Crippen LogP contribution in [0.15, 0.2) is 28.6 Å². The maximum absolute atomic E-state index is 12.2. The fourth-order valence-corrected chi connectivity index (χ4v) is 3.57. The van der Waals surface area contributed by atoms with Crippen molar-refractivity contribution < 1.29 is 9.59 Å². The van der Waals surface area contributed by atoms with Crippen LogP contribution in [0, 0.1) is 0 Å². The first-order valence-corrected chi connectivity index (χ1v) is 9.44. The van der Waals surface area contributed by atoms with Crippen LogP contribution in [0.5, 0.6) is 0 Å². The van der Waals surface area contributed by atoms with E-state index in [4.69, 9.17) is 0 Å². The zero-order chi connectivity index (χ0) is 17.5. The molecule has 2 aromatic rings. The van der Waals surface area contributed by atoms with Crippen molar-refractivity contribution in [1.82, 2.24) is 10.2 Å². The van der Waals surface area contributed by atoms with Crippen LogP contribution in [0.4, 0.5) is 10.8 Å². The fraction of sp³-hybridized carbons (Fsp3) is 0.375. The summed E-state index contributed by atoms with van der Waals surface area (Å²) in [5.74, 6) is 0.269. The van der Waals surface area contributed by atoms with Gasteiger partial charge in [0.2, 0.25) is 11.0 Å². The quantitative estimate of drug-likeness (QED) is 0.549. The lowest BCUT2D eigenvalue weighted by Gasteiger charge is -2.04. The Kier molecular flexibility index (Phi) is 6.74. The van der Waals surface area contributed by atoms with Crippen LogP contribution in [0.25, 0.3) is 0 Å². The molecule has 1 amide bonds. The average molecular weight is 364 g/mol. The average Bonchev–Trinajstić information content (AvgIpc) is 2.99. The number of amides is 1. The summed E-state index contributed by atoms with van der Waals surface area (Å²) in [5, 5.41) is 14.8. The van der Waals surface area contributed by atoms with Crippen molar-refractivity contribution in [2.24, 2.45) is 0 Å². The number of carbonyl (C=O) groups is 2. The molecule has 0 spiro atoms. The molecule has 128 valence electrons. The summed E-state index contributed by atoms with van der Waals surface area (Å²) in [4.78, 5) is 23.6. The van der Waals surface area contributed by atoms with Gasteiger partial charge in [-0.15, -0.1) is 10.2 Å². The van der Waals surface area contributed by atoms with Crippen molar-refractivity contribution in [3.63, 3.8) is 0 Å². The monoisotopic (exact) mass is 364 g/mol. The van der Waals surface area contributed by atoms with E-state index < -0.39 is 0 Å². The van der Waals surface area contributed by atoms with Crippen molar-refractivity contribution in [3.05, 3.63) is 29.8 Å². The van der Waals surface area contributed by atoms with E-state index in [1.807, 2.05) is 13.8 Å². The van der Waals surface area contributed by atoms with Gasteiger partial charge in [0.15, 0.2) is 10.1 Å². The van der Waals surface area contributed by atoms with Crippen LogP contribution in [0.3, 0.4) is 0 Å². The molecule has 1 heterocycles. The van der Waals surface area contributed by atoms with Gasteiger partial charge in [0.25, 0.3) is 0 Å². The summed E-state index contributed by atoms with van der Waals surface area (Å²) in [5.41, 5.74) is 1.31. The van der Waals surface area contributed by atoms with E-state index in [9.17, 15) is 9.59 Å². The van der Waals surface area contributed by atoms with Gasteiger partial charge in [0.05, 0.1) is 5.75 Å². The fourth-order valence-electron chi connectivity index (χ4n) is 1.77. The molecule has 0 aliphatic rings. The predicted molar refractivity (Wildman–Crippen MR) is 99.1 cm³/mol. The molecular weight excluding hydrogens is 344 g/mol. The number of hydrogen-bond donors (Lipinski definition) is 2. The number of anilines is 2. The molecule has 2 N–H and O–H groups in total. The molecule has 0 bridgehead atoms. The number of carbonyl (C=O) groups excluding carboxylic acids is 2. The third-order valence-corrected chi connectivity index (χ3v) is 4.94. The van der Waals surface area contributed by atoms with E-state index in [-0.39, 0.29) is 11.7 Å². The number of aromatic nitrogens is 2. The minimum Gasteiger partial charge on any atom is -0.358 e. The largest absolute Gasteiger partial charge is 0.358 e. The Morgan fingerprint density at radius 1 is 1.21 bits per heavy atom. The summed E-state index contributed by atoms with van der Waals surface area (Å²) in [7, 11) is 0. The number of rotatable bonds is 8. The van der Waals surface area contributed by atoms with Gasteiger partial charge in [0.1, 0.15) is 0 Å². The zero-order valence-electron chi connectivity index (χ0n) is 13.8. The molecule has 6 nitrogen and oxygen atoms in total. The normalized spacial score (nSPS) is 10.7. The van der Waals surface area contributed by atoms with Gasteiger partial charge < -0.3 is 10.6 Å². The standard InChI is InChI=1S/C16H20N4O2S2/c1-4-14(22)18-12-7-5-11(6-8-12)13(21)9-23-16-20-19-15(24-16)17-10(2)3/h5-8,10H,4,9H2,1-3H3,(H,17,19)(H,18,22). The molecule has 0 atom stereocenters. The van der Waals surface area contributed by atoms with Crippen LogP contribution in [0.2, 0.25) is 0 Å². The molecular formula is C16H20N4O2S2. The van der Waals surface area contributed by atoms with Gasteiger partial charge in [-0.2, -0.15) is 0 Å². The molecule has 2 rings (SSSR count). The minimum atomic E-state index is -0.0493. The minimum absolute atomic E-state index is 0.0157. The second-order valence-corrected chi connectivity index (χ2v) is 7.56. The van der Waals surface area contributed by atoms with Crippen molar-refractivity contribution in [3.8, 4) is 0 Å². The Balaban J connectivity index is 1.88. The molecule has 24 heavy (non-hydrogen) atoms. The molecule has 8 heteroatoms. The summed E-state index contributed by atoms with van der Waals surface area (Å²) < 4.78 is 0.762. The summed E-state index contributed by atoms with van der Waals surface area (Å²) in [6.07, 6.45) is 0.423.